The maximum absolute atomic E-state index is 11.3. The van der Waals surface area contributed by atoms with Crippen LogP contribution < -0.4 is 5.32 Å². The average molecular weight is 309 g/mol. The highest BCUT2D eigenvalue weighted by molar-refractivity contribution is 5.98. The second kappa shape index (κ2) is 6.48. The smallest absolute Gasteiger partial charge is 0.247 e. The fraction of sp³-hybridized carbons (Fsp3) is 0.235. The van der Waals surface area contributed by atoms with Crippen molar-refractivity contribution in [2.75, 3.05) is 5.32 Å². The van der Waals surface area contributed by atoms with Crippen molar-refractivity contribution in [1.82, 2.24) is 19.8 Å². The molecule has 1 amide bonds. The van der Waals surface area contributed by atoms with E-state index in [9.17, 15) is 4.79 Å². The first kappa shape index (κ1) is 15.0. The van der Waals surface area contributed by atoms with Crippen molar-refractivity contribution in [3.05, 3.63) is 60.1 Å². The SMILES string of the molecule is C=CC(=O)Nc1cccc(CCCc2n[nH]c3cc(C)nn23)c1. The molecule has 0 aliphatic heterocycles. The zero-order valence-corrected chi connectivity index (χ0v) is 13.0. The van der Waals surface area contributed by atoms with Crippen LogP contribution in [0.1, 0.15) is 23.5 Å². The largest absolute Gasteiger partial charge is 0.323 e. The number of anilines is 1. The Bertz CT molecular complexity index is 846. The molecule has 0 saturated carbocycles. The van der Waals surface area contributed by atoms with E-state index in [1.807, 2.05) is 35.7 Å². The summed E-state index contributed by atoms with van der Waals surface area (Å²) in [4.78, 5) is 11.3. The molecule has 3 rings (SSSR count). The van der Waals surface area contributed by atoms with Crippen molar-refractivity contribution in [2.45, 2.75) is 26.2 Å². The van der Waals surface area contributed by atoms with Crippen LogP contribution in [0.4, 0.5) is 5.69 Å². The van der Waals surface area contributed by atoms with E-state index in [0.717, 1.165) is 42.1 Å². The third-order valence-electron chi connectivity index (χ3n) is 3.62. The lowest BCUT2D eigenvalue weighted by molar-refractivity contribution is -0.111. The summed E-state index contributed by atoms with van der Waals surface area (Å²) in [6.07, 6.45) is 3.97. The first-order chi connectivity index (χ1) is 11.2. The average Bonchev–Trinajstić information content (AvgIpc) is 3.07. The van der Waals surface area contributed by atoms with E-state index in [4.69, 9.17) is 0 Å². The van der Waals surface area contributed by atoms with Crippen LogP contribution in [-0.2, 0) is 17.6 Å². The number of amides is 1. The van der Waals surface area contributed by atoms with Gasteiger partial charge in [0.25, 0.3) is 0 Å². The molecule has 0 aliphatic rings. The van der Waals surface area contributed by atoms with Crippen LogP contribution >= 0.6 is 0 Å². The van der Waals surface area contributed by atoms with E-state index in [1.54, 1.807) is 0 Å². The van der Waals surface area contributed by atoms with Crippen molar-refractivity contribution < 1.29 is 4.79 Å². The van der Waals surface area contributed by atoms with Crippen molar-refractivity contribution >= 4 is 17.2 Å². The van der Waals surface area contributed by atoms with Gasteiger partial charge in [-0.05, 0) is 43.5 Å². The number of carbonyl (C=O) groups excluding carboxylic acids is 1. The molecule has 0 bridgehead atoms. The topological polar surface area (TPSA) is 75.1 Å². The Balaban J connectivity index is 1.61. The number of carbonyl (C=O) groups is 1. The van der Waals surface area contributed by atoms with Gasteiger partial charge in [0.1, 0.15) is 0 Å². The molecule has 2 aromatic heterocycles. The predicted octanol–water partition coefficient (Wildman–Crippen LogP) is 2.67. The molecule has 0 radical (unpaired) electrons. The maximum Gasteiger partial charge on any atom is 0.247 e. The predicted molar refractivity (Wildman–Crippen MR) is 89.4 cm³/mol. The molecule has 2 N–H and O–H groups in total. The third-order valence-corrected chi connectivity index (χ3v) is 3.62. The molecule has 0 saturated heterocycles. The number of aromatic nitrogens is 4. The molecule has 2 heterocycles. The van der Waals surface area contributed by atoms with Gasteiger partial charge in [-0.15, -0.1) is 0 Å². The van der Waals surface area contributed by atoms with Crippen LogP contribution in [-0.4, -0.2) is 25.7 Å². The number of H-pyrrole nitrogens is 1. The Kier molecular flexibility index (Phi) is 4.23. The van der Waals surface area contributed by atoms with E-state index < -0.39 is 0 Å². The first-order valence-electron chi connectivity index (χ1n) is 7.57. The molecule has 3 aromatic rings. The highest BCUT2D eigenvalue weighted by atomic mass is 16.1. The minimum atomic E-state index is -0.199. The molecule has 0 aliphatic carbocycles. The molecule has 0 fully saturated rings. The van der Waals surface area contributed by atoms with Crippen LogP contribution in [0.3, 0.4) is 0 Å². The second-order valence-corrected chi connectivity index (χ2v) is 5.47. The van der Waals surface area contributed by atoms with Gasteiger partial charge in [-0.1, -0.05) is 18.7 Å². The van der Waals surface area contributed by atoms with Gasteiger partial charge in [-0.25, -0.2) is 0 Å². The number of hydrogen-bond acceptors (Lipinski definition) is 3. The minimum absolute atomic E-state index is 0.199. The standard InChI is InChI=1S/C17H19N5O/c1-3-17(23)18-14-8-4-6-13(11-14)7-5-9-15-19-20-16-10-12(2)21-22(15)16/h3-4,6,8,10-11,20H,1,5,7,9H2,2H3,(H,18,23). The number of hydrogen-bond donors (Lipinski definition) is 2. The van der Waals surface area contributed by atoms with Gasteiger partial charge in [0.2, 0.25) is 5.91 Å². The zero-order chi connectivity index (χ0) is 16.2. The first-order valence-corrected chi connectivity index (χ1v) is 7.57. The van der Waals surface area contributed by atoms with Gasteiger partial charge in [0.05, 0.1) is 5.69 Å². The number of nitrogens with one attached hydrogen (secondary N) is 2. The summed E-state index contributed by atoms with van der Waals surface area (Å²) < 4.78 is 1.86. The summed E-state index contributed by atoms with van der Waals surface area (Å²) in [6.45, 7) is 5.42. The van der Waals surface area contributed by atoms with Crippen LogP contribution in [0.2, 0.25) is 0 Å². The second-order valence-electron chi connectivity index (χ2n) is 5.47. The number of aryl methyl sites for hydroxylation is 3. The quantitative estimate of drug-likeness (QED) is 0.687. The van der Waals surface area contributed by atoms with Gasteiger partial charge < -0.3 is 5.32 Å². The highest BCUT2D eigenvalue weighted by Gasteiger charge is 2.07. The molecule has 23 heavy (non-hydrogen) atoms. The van der Waals surface area contributed by atoms with E-state index in [1.165, 1.54) is 11.6 Å². The molecule has 6 heteroatoms. The summed E-state index contributed by atoms with van der Waals surface area (Å²) >= 11 is 0. The molecule has 0 unspecified atom stereocenters. The fourth-order valence-electron chi connectivity index (χ4n) is 2.56. The lowest BCUT2D eigenvalue weighted by Crippen LogP contribution is -2.07. The Labute approximate surface area is 134 Å². The molecule has 118 valence electrons. The summed E-state index contributed by atoms with van der Waals surface area (Å²) in [5.41, 5.74) is 3.87. The molecular formula is C17H19N5O. The van der Waals surface area contributed by atoms with Crippen molar-refractivity contribution in [3.63, 3.8) is 0 Å². The molecule has 0 atom stereocenters. The minimum Gasteiger partial charge on any atom is -0.323 e. The Morgan fingerprint density at radius 2 is 2.26 bits per heavy atom. The van der Waals surface area contributed by atoms with Crippen molar-refractivity contribution in [1.29, 1.82) is 0 Å². The normalized spacial score (nSPS) is 10.8. The lowest BCUT2D eigenvalue weighted by atomic mass is 10.1. The fourth-order valence-corrected chi connectivity index (χ4v) is 2.56. The van der Waals surface area contributed by atoms with E-state index in [0.29, 0.717) is 0 Å². The van der Waals surface area contributed by atoms with Crippen LogP contribution in [0.5, 0.6) is 0 Å². The third kappa shape index (κ3) is 3.48. The van der Waals surface area contributed by atoms with Crippen LogP contribution in [0.15, 0.2) is 43.0 Å². The highest BCUT2D eigenvalue weighted by Crippen LogP contribution is 2.14. The number of rotatable bonds is 6. The Morgan fingerprint density at radius 3 is 3.09 bits per heavy atom. The summed E-state index contributed by atoms with van der Waals surface area (Å²) in [5.74, 6) is 0.735. The van der Waals surface area contributed by atoms with Gasteiger partial charge in [-0.3, -0.25) is 9.89 Å². The van der Waals surface area contributed by atoms with E-state index in [-0.39, 0.29) is 5.91 Å². The number of benzene rings is 1. The monoisotopic (exact) mass is 309 g/mol. The molecule has 0 spiro atoms. The van der Waals surface area contributed by atoms with Gasteiger partial charge >= 0.3 is 0 Å². The van der Waals surface area contributed by atoms with Gasteiger partial charge in [0, 0.05) is 18.2 Å². The lowest BCUT2D eigenvalue weighted by Gasteiger charge is -2.05. The van der Waals surface area contributed by atoms with Crippen LogP contribution in [0, 0.1) is 6.92 Å². The Hall–Kier alpha value is -2.89. The van der Waals surface area contributed by atoms with E-state index >= 15 is 0 Å². The molecule has 6 nitrogen and oxygen atoms in total. The molecule has 1 aromatic carbocycles. The van der Waals surface area contributed by atoms with Crippen molar-refractivity contribution in [3.8, 4) is 0 Å². The van der Waals surface area contributed by atoms with Crippen LogP contribution in [0.25, 0.3) is 5.65 Å². The Morgan fingerprint density at radius 1 is 1.39 bits per heavy atom. The summed E-state index contributed by atoms with van der Waals surface area (Å²) in [7, 11) is 0. The van der Waals surface area contributed by atoms with Gasteiger partial charge in [-0.2, -0.15) is 14.7 Å². The number of fused-ring (bicyclic) bond motifs is 1. The molecular weight excluding hydrogens is 290 g/mol. The van der Waals surface area contributed by atoms with Crippen molar-refractivity contribution in [2.24, 2.45) is 0 Å². The van der Waals surface area contributed by atoms with E-state index in [2.05, 4.69) is 33.3 Å². The zero-order valence-electron chi connectivity index (χ0n) is 13.0. The van der Waals surface area contributed by atoms with Gasteiger partial charge in [0.15, 0.2) is 11.5 Å². The summed E-state index contributed by atoms with van der Waals surface area (Å²) in [6, 6.07) is 9.83. The summed E-state index contributed by atoms with van der Waals surface area (Å²) in [5, 5.41) is 14.5. The number of nitrogens with zero attached hydrogens (tertiary/aromatic N) is 3. The number of aromatic amines is 1. The maximum atomic E-state index is 11.3.